The van der Waals surface area contributed by atoms with Gasteiger partial charge in [0.15, 0.2) is 0 Å². The molecule has 1 aliphatic heterocycles. The SMILES string of the molecule is C#CC1=CCP(C)(=O)C1C. The highest BCUT2D eigenvalue weighted by Gasteiger charge is 2.30. The maximum absolute atomic E-state index is 11.6. The molecule has 1 aliphatic rings. The third kappa shape index (κ3) is 1.04. The summed E-state index contributed by atoms with van der Waals surface area (Å²) in [4.78, 5) is 0. The summed E-state index contributed by atoms with van der Waals surface area (Å²) in [5.74, 6) is 2.56. The van der Waals surface area contributed by atoms with Crippen LogP contribution in [-0.4, -0.2) is 18.5 Å². The van der Waals surface area contributed by atoms with Crippen LogP contribution in [0.5, 0.6) is 0 Å². The molecule has 0 aliphatic carbocycles. The lowest BCUT2D eigenvalue weighted by molar-refractivity contribution is 0.578. The highest BCUT2D eigenvalue weighted by Crippen LogP contribution is 2.53. The Morgan fingerprint density at radius 2 is 2.50 bits per heavy atom. The van der Waals surface area contributed by atoms with E-state index < -0.39 is 7.14 Å². The summed E-state index contributed by atoms with van der Waals surface area (Å²) in [6.45, 7) is 3.76. The van der Waals surface area contributed by atoms with E-state index in [0.29, 0.717) is 6.16 Å². The Bertz CT molecular complexity index is 257. The van der Waals surface area contributed by atoms with Gasteiger partial charge in [0.05, 0.1) is 7.14 Å². The molecule has 0 fully saturated rings. The first-order valence-corrected chi connectivity index (χ1v) is 5.71. The standard InChI is InChI=1S/C8H11OP/c1-4-8-5-6-10(3,9)7(8)2/h1,5,7H,6H2,2-3H3. The number of allylic oxidation sites excluding steroid dienone is 2. The van der Waals surface area contributed by atoms with Crippen LogP contribution in [0.1, 0.15) is 6.92 Å². The predicted octanol–water partition coefficient (Wildman–Crippen LogP) is 1.94. The molecule has 0 bridgehead atoms. The summed E-state index contributed by atoms with van der Waals surface area (Å²) in [7, 11) is -1.94. The summed E-state index contributed by atoms with van der Waals surface area (Å²) < 4.78 is 11.6. The smallest absolute Gasteiger partial charge is 0.0959 e. The van der Waals surface area contributed by atoms with E-state index in [-0.39, 0.29) is 5.66 Å². The first kappa shape index (κ1) is 7.63. The highest BCUT2D eigenvalue weighted by atomic mass is 31.2. The lowest BCUT2D eigenvalue weighted by Crippen LogP contribution is -1.99. The van der Waals surface area contributed by atoms with E-state index >= 15 is 0 Å². The second kappa shape index (κ2) is 2.29. The number of hydrogen-bond donors (Lipinski definition) is 0. The van der Waals surface area contributed by atoms with E-state index in [0.717, 1.165) is 5.57 Å². The van der Waals surface area contributed by atoms with Gasteiger partial charge in [-0.3, -0.25) is 0 Å². The second-order valence-corrected chi connectivity index (χ2v) is 6.32. The minimum atomic E-state index is -1.94. The van der Waals surface area contributed by atoms with Crippen LogP contribution in [0.2, 0.25) is 0 Å². The van der Waals surface area contributed by atoms with E-state index in [4.69, 9.17) is 6.42 Å². The Morgan fingerprint density at radius 3 is 2.70 bits per heavy atom. The average Bonchev–Trinajstić information content (AvgIpc) is 2.10. The van der Waals surface area contributed by atoms with Crippen molar-refractivity contribution in [3.63, 3.8) is 0 Å². The zero-order valence-corrected chi connectivity index (χ0v) is 7.19. The van der Waals surface area contributed by atoms with Crippen LogP contribution in [0.15, 0.2) is 11.6 Å². The molecule has 1 heterocycles. The van der Waals surface area contributed by atoms with Crippen LogP contribution >= 0.6 is 7.14 Å². The lowest BCUT2D eigenvalue weighted by atomic mass is 10.2. The first-order chi connectivity index (χ1) is 4.58. The van der Waals surface area contributed by atoms with E-state index in [9.17, 15) is 4.57 Å². The molecule has 0 saturated carbocycles. The average molecular weight is 154 g/mol. The fourth-order valence-corrected chi connectivity index (χ4v) is 2.73. The molecule has 1 nitrogen and oxygen atoms in total. The Kier molecular flexibility index (Phi) is 1.75. The fourth-order valence-electron chi connectivity index (χ4n) is 1.08. The molecule has 0 aromatic carbocycles. The Balaban J connectivity index is 2.92. The van der Waals surface area contributed by atoms with Crippen molar-refractivity contribution in [2.75, 3.05) is 12.8 Å². The lowest BCUT2D eigenvalue weighted by Gasteiger charge is -2.10. The molecule has 0 amide bonds. The molecule has 0 aromatic rings. The van der Waals surface area contributed by atoms with Crippen molar-refractivity contribution < 1.29 is 4.57 Å². The Hall–Kier alpha value is -0.470. The molecule has 2 unspecified atom stereocenters. The maximum Gasteiger partial charge on any atom is 0.0959 e. The number of rotatable bonds is 0. The summed E-state index contributed by atoms with van der Waals surface area (Å²) in [5.41, 5.74) is 1.04. The zero-order chi connectivity index (χ0) is 7.78. The van der Waals surface area contributed by atoms with Crippen molar-refractivity contribution >= 4 is 7.14 Å². The van der Waals surface area contributed by atoms with Crippen LogP contribution in [0, 0.1) is 12.3 Å². The molecular weight excluding hydrogens is 143 g/mol. The third-order valence-corrected chi connectivity index (χ3v) is 4.93. The van der Waals surface area contributed by atoms with Crippen molar-refractivity contribution in [2.24, 2.45) is 0 Å². The van der Waals surface area contributed by atoms with Gasteiger partial charge < -0.3 is 4.57 Å². The molecule has 2 atom stereocenters. The van der Waals surface area contributed by atoms with Gasteiger partial charge >= 0.3 is 0 Å². The fraction of sp³-hybridized carbons (Fsp3) is 0.500. The summed E-state index contributed by atoms with van der Waals surface area (Å²) in [5, 5.41) is 0. The molecule has 0 N–H and O–H groups in total. The van der Waals surface area contributed by atoms with E-state index in [1.54, 1.807) is 0 Å². The Morgan fingerprint density at radius 1 is 1.90 bits per heavy atom. The maximum atomic E-state index is 11.6. The van der Waals surface area contributed by atoms with Gasteiger partial charge in [0.2, 0.25) is 0 Å². The molecule has 2 heteroatoms. The minimum absolute atomic E-state index is 0.123. The minimum Gasteiger partial charge on any atom is -0.323 e. The molecule has 54 valence electrons. The monoisotopic (exact) mass is 154 g/mol. The number of hydrogen-bond acceptors (Lipinski definition) is 1. The van der Waals surface area contributed by atoms with Crippen LogP contribution in [0.4, 0.5) is 0 Å². The van der Waals surface area contributed by atoms with Crippen LogP contribution in [-0.2, 0) is 4.57 Å². The van der Waals surface area contributed by atoms with E-state index in [2.05, 4.69) is 5.92 Å². The van der Waals surface area contributed by atoms with Gasteiger partial charge in [-0.25, -0.2) is 0 Å². The van der Waals surface area contributed by atoms with Gasteiger partial charge in [0.1, 0.15) is 0 Å². The first-order valence-electron chi connectivity index (χ1n) is 3.31. The van der Waals surface area contributed by atoms with E-state index in [1.807, 2.05) is 19.7 Å². The van der Waals surface area contributed by atoms with Crippen LogP contribution < -0.4 is 0 Å². The van der Waals surface area contributed by atoms with Gasteiger partial charge in [0, 0.05) is 17.4 Å². The van der Waals surface area contributed by atoms with Gasteiger partial charge in [-0.2, -0.15) is 0 Å². The normalized spacial score (nSPS) is 38.9. The predicted molar refractivity (Wildman–Crippen MR) is 44.8 cm³/mol. The van der Waals surface area contributed by atoms with Gasteiger partial charge in [-0.1, -0.05) is 18.9 Å². The van der Waals surface area contributed by atoms with Gasteiger partial charge in [-0.15, -0.1) is 6.42 Å². The molecular formula is C8H11OP. The largest absolute Gasteiger partial charge is 0.323 e. The topological polar surface area (TPSA) is 17.1 Å². The second-order valence-electron chi connectivity index (χ2n) is 2.84. The number of terminal acetylenes is 1. The molecule has 0 aromatic heterocycles. The molecule has 0 spiro atoms. The van der Waals surface area contributed by atoms with Crippen molar-refractivity contribution in [1.29, 1.82) is 0 Å². The Labute approximate surface area is 61.9 Å². The molecule has 0 saturated heterocycles. The van der Waals surface area contributed by atoms with Gasteiger partial charge in [-0.05, 0) is 6.66 Å². The zero-order valence-electron chi connectivity index (χ0n) is 6.29. The van der Waals surface area contributed by atoms with Crippen molar-refractivity contribution in [3.05, 3.63) is 11.6 Å². The van der Waals surface area contributed by atoms with Gasteiger partial charge in [0.25, 0.3) is 0 Å². The summed E-state index contributed by atoms with van der Waals surface area (Å²) >= 11 is 0. The van der Waals surface area contributed by atoms with E-state index in [1.165, 1.54) is 0 Å². The quantitative estimate of drug-likeness (QED) is 0.385. The van der Waals surface area contributed by atoms with Crippen LogP contribution in [0.25, 0.3) is 0 Å². The molecule has 10 heavy (non-hydrogen) atoms. The van der Waals surface area contributed by atoms with Crippen LogP contribution in [0.3, 0.4) is 0 Å². The summed E-state index contributed by atoms with van der Waals surface area (Å²) in [6.07, 6.45) is 7.82. The van der Waals surface area contributed by atoms with Crippen molar-refractivity contribution in [2.45, 2.75) is 12.6 Å². The van der Waals surface area contributed by atoms with Crippen molar-refractivity contribution in [1.82, 2.24) is 0 Å². The summed E-state index contributed by atoms with van der Waals surface area (Å²) in [6, 6.07) is 0. The van der Waals surface area contributed by atoms with Crippen molar-refractivity contribution in [3.8, 4) is 12.3 Å². The highest BCUT2D eigenvalue weighted by molar-refractivity contribution is 7.64. The molecule has 1 rings (SSSR count). The third-order valence-electron chi connectivity index (χ3n) is 2.11. The molecule has 0 radical (unpaired) electrons.